The molecule has 30 heavy (non-hydrogen) atoms. The summed E-state index contributed by atoms with van der Waals surface area (Å²) < 4.78 is 5.85. The lowest BCUT2D eigenvalue weighted by Crippen LogP contribution is -2.46. The monoisotopic (exact) mass is 451 g/mol. The van der Waals surface area contributed by atoms with Crippen LogP contribution in [0, 0.1) is 0 Å². The lowest BCUT2D eigenvalue weighted by Gasteiger charge is -2.35. The highest BCUT2D eigenvalue weighted by Gasteiger charge is 2.56. The molecule has 1 aliphatic carbocycles. The summed E-state index contributed by atoms with van der Waals surface area (Å²) in [5.74, 6) is -1.66. The predicted molar refractivity (Wildman–Crippen MR) is 106 cm³/mol. The van der Waals surface area contributed by atoms with Crippen LogP contribution in [0.25, 0.3) is 0 Å². The number of aromatic carboxylic acids is 1. The van der Waals surface area contributed by atoms with E-state index in [1.807, 2.05) is 0 Å². The van der Waals surface area contributed by atoms with Crippen molar-refractivity contribution in [3.05, 3.63) is 45.8 Å². The normalized spacial score (nSPS) is 22.8. The number of carbonyl (C=O) groups excluding carboxylic acids is 1. The number of imide groups is 1. The number of carboxylic acid groups (broad SMARTS) is 2. The summed E-state index contributed by atoms with van der Waals surface area (Å²) in [7, 11) is 0. The van der Waals surface area contributed by atoms with Crippen LogP contribution in [0.3, 0.4) is 0 Å². The molecule has 2 aromatic heterocycles. The van der Waals surface area contributed by atoms with Crippen molar-refractivity contribution in [2.75, 3.05) is 4.90 Å². The number of amides is 2. The van der Waals surface area contributed by atoms with Crippen LogP contribution in [0.4, 0.5) is 10.5 Å². The number of aromatic nitrogens is 2. The van der Waals surface area contributed by atoms with Gasteiger partial charge in [0, 0.05) is 6.20 Å². The van der Waals surface area contributed by atoms with E-state index in [-0.39, 0.29) is 46.9 Å². The Kier molecular flexibility index (Phi) is 5.03. The number of fused-ring (bicyclic) bond motifs is 2. The Balaban J connectivity index is 1.62. The van der Waals surface area contributed by atoms with E-state index in [1.165, 1.54) is 24.4 Å². The minimum Gasteiger partial charge on any atom is -0.477 e. The summed E-state index contributed by atoms with van der Waals surface area (Å²) in [4.78, 5) is 45.0. The average molecular weight is 452 g/mol. The molecule has 1 fully saturated rings. The third kappa shape index (κ3) is 3.23. The summed E-state index contributed by atoms with van der Waals surface area (Å²) in [5, 5.41) is 19.4. The minimum absolute atomic E-state index is 0.0966. The maximum absolute atomic E-state index is 13.1. The van der Waals surface area contributed by atoms with E-state index in [9.17, 15) is 24.6 Å². The fraction of sp³-hybridized carbons (Fsp3) is 0.316. The topological polar surface area (TPSA) is 130 Å². The zero-order valence-corrected chi connectivity index (χ0v) is 16.9. The molecule has 0 radical (unpaired) electrons. The number of carboxylic acids is 1. The quantitative estimate of drug-likeness (QED) is 0.720. The molecule has 156 valence electrons. The van der Waals surface area contributed by atoms with Crippen molar-refractivity contribution in [3.63, 3.8) is 0 Å². The maximum Gasteiger partial charge on any atom is 0.418 e. The third-order valence-corrected chi connectivity index (χ3v) is 5.91. The van der Waals surface area contributed by atoms with E-state index in [2.05, 4.69) is 9.97 Å². The van der Waals surface area contributed by atoms with E-state index < -0.39 is 23.4 Å². The molecule has 2 aliphatic rings. The summed E-state index contributed by atoms with van der Waals surface area (Å²) in [6.45, 7) is 0. The molecule has 0 atom stereocenters. The van der Waals surface area contributed by atoms with Crippen LogP contribution >= 0.6 is 23.2 Å². The van der Waals surface area contributed by atoms with Gasteiger partial charge in [0.15, 0.2) is 0 Å². The molecule has 2 aromatic rings. The van der Waals surface area contributed by atoms with Crippen LogP contribution in [-0.2, 0) is 10.2 Å². The first kappa shape index (κ1) is 20.4. The fourth-order valence-electron chi connectivity index (χ4n) is 4.02. The van der Waals surface area contributed by atoms with Crippen LogP contribution in [-0.4, -0.2) is 44.3 Å². The first-order valence-corrected chi connectivity index (χ1v) is 9.78. The van der Waals surface area contributed by atoms with Gasteiger partial charge in [-0.15, -0.1) is 0 Å². The molecular formula is C19H15Cl2N3O6. The maximum atomic E-state index is 13.1. The highest BCUT2D eigenvalue weighted by Crippen LogP contribution is 2.49. The second-order valence-electron chi connectivity index (χ2n) is 7.13. The van der Waals surface area contributed by atoms with Crippen molar-refractivity contribution in [3.8, 4) is 5.88 Å². The highest BCUT2D eigenvalue weighted by atomic mass is 35.5. The number of rotatable bonds is 3. The van der Waals surface area contributed by atoms with E-state index in [4.69, 9.17) is 27.9 Å². The van der Waals surface area contributed by atoms with Crippen molar-refractivity contribution in [2.45, 2.75) is 37.2 Å². The van der Waals surface area contributed by atoms with Gasteiger partial charge >= 0.3 is 12.1 Å². The molecule has 1 aliphatic heterocycles. The molecule has 11 heteroatoms. The molecule has 1 saturated carbocycles. The smallest absolute Gasteiger partial charge is 0.418 e. The Labute approximate surface area is 180 Å². The molecule has 2 amide bonds. The van der Waals surface area contributed by atoms with Crippen molar-refractivity contribution in [1.82, 2.24) is 9.97 Å². The molecule has 2 N–H and O–H groups in total. The Morgan fingerprint density at radius 1 is 1.20 bits per heavy atom. The van der Waals surface area contributed by atoms with Gasteiger partial charge < -0.3 is 14.9 Å². The van der Waals surface area contributed by atoms with Crippen LogP contribution in [0.1, 0.15) is 41.9 Å². The van der Waals surface area contributed by atoms with Gasteiger partial charge in [0.1, 0.15) is 16.8 Å². The number of anilines is 1. The third-order valence-electron chi connectivity index (χ3n) is 5.43. The summed E-state index contributed by atoms with van der Waals surface area (Å²) >= 11 is 11.9. The zero-order chi connectivity index (χ0) is 21.6. The SMILES string of the molecule is O=C(O)c1ccc2c(n1)C1(CCC(Oc3ncc(Cl)cc3Cl)CC1)C(=O)N2C(=O)O. The van der Waals surface area contributed by atoms with Crippen molar-refractivity contribution < 1.29 is 29.3 Å². The van der Waals surface area contributed by atoms with E-state index in [0.29, 0.717) is 22.8 Å². The molecule has 4 rings (SSSR count). The standard InChI is InChI=1S/C19H15Cl2N3O6/c20-9-7-11(21)15(22-8-9)30-10-3-5-19(6-4-10)14-13(24(17(19)27)18(28)29)2-1-12(23-14)16(25)26/h1-2,7-8,10H,3-6H2,(H,25,26)(H,28,29). The fourth-order valence-corrected chi connectivity index (χ4v) is 4.44. The number of carbonyl (C=O) groups is 3. The van der Waals surface area contributed by atoms with Gasteiger partial charge in [0.2, 0.25) is 11.8 Å². The molecule has 3 heterocycles. The molecule has 0 bridgehead atoms. The van der Waals surface area contributed by atoms with Gasteiger partial charge in [-0.25, -0.2) is 24.5 Å². The highest BCUT2D eigenvalue weighted by molar-refractivity contribution is 6.35. The first-order valence-electron chi connectivity index (χ1n) is 9.03. The van der Waals surface area contributed by atoms with Gasteiger partial charge in [-0.05, 0) is 43.9 Å². The predicted octanol–water partition coefficient (Wildman–Crippen LogP) is 3.77. The molecule has 9 nitrogen and oxygen atoms in total. The van der Waals surface area contributed by atoms with Crippen molar-refractivity contribution in [2.24, 2.45) is 0 Å². The van der Waals surface area contributed by atoms with Crippen LogP contribution in [0.5, 0.6) is 5.88 Å². The number of ether oxygens (including phenoxy) is 1. The van der Waals surface area contributed by atoms with E-state index >= 15 is 0 Å². The second kappa shape index (κ2) is 7.41. The Hall–Kier alpha value is -2.91. The number of halogens is 2. The van der Waals surface area contributed by atoms with Crippen molar-refractivity contribution >= 4 is 46.9 Å². The van der Waals surface area contributed by atoms with Gasteiger partial charge in [-0.2, -0.15) is 0 Å². The Morgan fingerprint density at radius 2 is 1.90 bits per heavy atom. The minimum atomic E-state index is -1.43. The lowest BCUT2D eigenvalue weighted by atomic mass is 9.71. The molecule has 0 aromatic carbocycles. The number of hydrogen-bond donors (Lipinski definition) is 2. The number of hydrogen-bond acceptors (Lipinski definition) is 6. The van der Waals surface area contributed by atoms with Gasteiger partial charge in [0.25, 0.3) is 0 Å². The van der Waals surface area contributed by atoms with Gasteiger partial charge in [0.05, 0.1) is 21.8 Å². The number of nitrogens with zero attached hydrogens (tertiary/aromatic N) is 3. The Morgan fingerprint density at radius 3 is 2.50 bits per heavy atom. The second-order valence-corrected chi connectivity index (χ2v) is 7.98. The molecular weight excluding hydrogens is 437 g/mol. The number of pyridine rings is 2. The van der Waals surface area contributed by atoms with Crippen molar-refractivity contribution in [1.29, 1.82) is 0 Å². The first-order chi connectivity index (χ1) is 14.2. The van der Waals surface area contributed by atoms with Crippen LogP contribution in [0.15, 0.2) is 24.4 Å². The summed E-state index contributed by atoms with van der Waals surface area (Å²) in [6, 6.07) is 4.01. The van der Waals surface area contributed by atoms with Gasteiger partial charge in [-0.1, -0.05) is 23.2 Å². The Bertz CT molecular complexity index is 1070. The molecule has 1 spiro atoms. The summed E-state index contributed by atoms with van der Waals surface area (Å²) in [6.07, 6.45) is 0.962. The lowest BCUT2D eigenvalue weighted by molar-refractivity contribution is -0.124. The summed E-state index contributed by atoms with van der Waals surface area (Å²) in [5.41, 5.74) is -1.19. The van der Waals surface area contributed by atoms with Gasteiger partial charge in [-0.3, -0.25) is 4.79 Å². The molecule has 0 unspecified atom stereocenters. The zero-order valence-electron chi connectivity index (χ0n) is 15.3. The van der Waals surface area contributed by atoms with E-state index in [0.717, 1.165) is 0 Å². The largest absolute Gasteiger partial charge is 0.477 e. The average Bonchev–Trinajstić information content (AvgIpc) is 2.93. The van der Waals surface area contributed by atoms with E-state index in [1.54, 1.807) is 0 Å². The molecule has 0 saturated heterocycles. The van der Waals surface area contributed by atoms with Crippen LogP contribution < -0.4 is 9.64 Å². The van der Waals surface area contributed by atoms with Crippen LogP contribution in [0.2, 0.25) is 10.0 Å².